The molecule has 1 aromatic heterocycles. The summed E-state index contributed by atoms with van der Waals surface area (Å²) in [5.74, 6) is -1.35. The van der Waals surface area contributed by atoms with E-state index in [0.29, 0.717) is 5.56 Å². The minimum atomic E-state index is -3.62. The predicted octanol–water partition coefficient (Wildman–Crippen LogP) is 3.66. The van der Waals surface area contributed by atoms with Gasteiger partial charge in [-0.05, 0) is 24.3 Å². The number of halogens is 1. The number of benzene rings is 2. The lowest BCUT2D eigenvalue weighted by atomic mass is 10.2. The van der Waals surface area contributed by atoms with E-state index in [1.807, 2.05) is 0 Å². The highest BCUT2D eigenvalue weighted by atomic mass is 32.2. The van der Waals surface area contributed by atoms with E-state index in [0.717, 1.165) is 0 Å². The van der Waals surface area contributed by atoms with Crippen LogP contribution in [0.25, 0.3) is 0 Å². The molecule has 0 spiro atoms. The fourth-order valence-corrected chi connectivity index (χ4v) is 4.06. The quantitative estimate of drug-likeness (QED) is 0.647. The molecular formula is C20H18FNO4S. The van der Waals surface area contributed by atoms with Crippen molar-refractivity contribution in [3.8, 4) is 0 Å². The minimum absolute atomic E-state index is 0.0388. The van der Waals surface area contributed by atoms with Crippen LogP contribution in [-0.2, 0) is 22.1 Å². The normalized spacial score (nSPS) is 11.3. The van der Waals surface area contributed by atoms with Crippen LogP contribution in [0.3, 0.4) is 0 Å². The van der Waals surface area contributed by atoms with Crippen molar-refractivity contribution in [2.75, 3.05) is 7.05 Å². The van der Waals surface area contributed by atoms with E-state index < -0.39 is 21.6 Å². The van der Waals surface area contributed by atoms with E-state index in [9.17, 15) is 17.6 Å². The van der Waals surface area contributed by atoms with Crippen molar-refractivity contribution in [1.82, 2.24) is 4.90 Å². The summed E-state index contributed by atoms with van der Waals surface area (Å²) >= 11 is 0. The second-order valence-electron chi connectivity index (χ2n) is 6.10. The first-order valence-corrected chi connectivity index (χ1v) is 9.87. The summed E-state index contributed by atoms with van der Waals surface area (Å²) in [5.41, 5.74) is 0.627. The number of carbonyl (C=O) groups is 1. The molecule has 3 rings (SSSR count). The standard InChI is InChI=1S/C20H18FNO4S/c1-22(13-15-7-5-6-10-18(15)21)20(23)19-16(11-12-26-19)14-27(24,25)17-8-3-2-4-9-17/h2-12H,13-14H2,1H3. The monoisotopic (exact) mass is 387 g/mol. The summed E-state index contributed by atoms with van der Waals surface area (Å²) in [6, 6.07) is 15.6. The Balaban J connectivity index is 1.80. The van der Waals surface area contributed by atoms with Crippen LogP contribution in [0.1, 0.15) is 21.7 Å². The van der Waals surface area contributed by atoms with Gasteiger partial charge in [-0.15, -0.1) is 0 Å². The van der Waals surface area contributed by atoms with Crippen molar-refractivity contribution in [2.24, 2.45) is 0 Å². The van der Waals surface area contributed by atoms with Crippen LogP contribution in [-0.4, -0.2) is 26.3 Å². The second kappa shape index (κ2) is 7.75. The van der Waals surface area contributed by atoms with Gasteiger partial charge in [0.1, 0.15) is 5.82 Å². The molecule has 140 valence electrons. The molecule has 27 heavy (non-hydrogen) atoms. The van der Waals surface area contributed by atoms with Crippen LogP contribution in [0.5, 0.6) is 0 Å². The molecule has 1 amide bonds. The molecule has 5 nitrogen and oxygen atoms in total. The molecule has 7 heteroatoms. The fraction of sp³-hybridized carbons (Fsp3) is 0.150. The van der Waals surface area contributed by atoms with E-state index >= 15 is 0 Å². The Hall–Kier alpha value is -2.93. The highest BCUT2D eigenvalue weighted by molar-refractivity contribution is 7.90. The first-order valence-electron chi connectivity index (χ1n) is 8.21. The highest BCUT2D eigenvalue weighted by Crippen LogP contribution is 2.21. The first kappa shape index (κ1) is 18.8. The molecule has 0 fully saturated rings. The highest BCUT2D eigenvalue weighted by Gasteiger charge is 2.24. The number of carbonyl (C=O) groups excluding carboxylic acids is 1. The van der Waals surface area contributed by atoms with E-state index in [1.54, 1.807) is 36.4 Å². The smallest absolute Gasteiger partial charge is 0.289 e. The van der Waals surface area contributed by atoms with Gasteiger partial charge in [-0.1, -0.05) is 36.4 Å². The van der Waals surface area contributed by atoms with Gasteiger partial charge in [0.05, 0.1) is 16.9 Å². The van der Waals surface area contributed by atoms with Crippen LogP contribution >= 0.6 is 0 Å². The average Bonchev–Trinajstić information content (AvgIpc) is 3.11. The molecule has 2 aromatic carbocycles. The van der Waals surface area contributed by atoms with Crippen molar-refractivity contribution < 1.29 is 22.0 Å². The number of rotatable bonds is 6. The number of hydrogen-bond donors (Lipinski definition) is 0. The van der Waals surface area contributed by atoms with Crippen LogP contribution in [0, 0.1) is 5.82 Å². The molecule has 1 heterocycles. The van der Waals surface area contributed by atoms with Crippen molar-refractivity contribution in [2.45, 2.75) is 17.2 Å². The summed E-state index contributed by atoms with van der Waals surface area (Å²) in [7, 11) is -2.11. The second-order valence-corrected chi connectivity index (χ2v) is 8.09. The maximum absolute atomic E-state index is 13.8. The maximum Gasteiger partial charge on any atom is 0.289 e. The summed E-state index contributed by atoms with van der Waals surface area (Å²) in [5, 5.41) is 0. The van der Waals surface area contributed by atoms with Gasteiger partial charge < -0.3 is 9.32 Å². The molecular weight excluding hydrogens is 369 g/mol. The summed E-state index contributed by atoms with van der Waals surface area (Å²) in [6.07, 6.45) is 1.28. The van der Waals surface area contributed by atoms with Gasteiger partial charge in [-0.2, -0.15) is 0 Å². The Kier molecular flexibility index (Phi) is 5.41. The summed E-state index contributed by atoms with van der Waals surface area (Å²) < 4.78 is 44.2. The third-order valence-electron chi connectivity index (χ3n) is 4.10. The molecule has 0 bridgehead atoms. The number of furan rings is 1. The van der Waals surface area contributed by atoms with E-state index in [2.05, 4.69) is 0 Å². The van der Waals surface area contributed by atoms with Crippen LogP contribution in [0.15, 0.2) is 76.2 Å². The van der Waals surface area contributed by atoms with Crippen molar-refractivity contribution in [3.63, 3.8) is 0 Å². The van der Waals surface area contributed by atoms with Crippen LogP contribution in [0.2, 0.25) is 0 Å². The molecule has 0 aliphatic rings. The lowest BCUT2D eigenvalue weighted by molar-refractivity contribution is 0.0751. The zero-order chi connectivity index (χ0) is 19.4. The molecule has 0 radical (unpaired) electrons. The Bertz CT molecular complexity index is 1040. The van der Waals surface area contributed by atoms with Crippen molar-refractivity contribution in [3.05, 3.63) is 89.6 Å². The lowest BCUT2D eigenvalue weighted by Crippen LogP contribution is -2.27. The third kappa shape index (κ3) is 4.25. The molecule has 0 aliphatic heterocycles. The SMILES string of the molecule is CN(Cc1ccccc1F)C(=O)c1occc1CS(=O)(=O)c1ccccc1. The van der Waals surface area contributed by atoms with E-state index in [4.69, 9.17) is 4.42 Å². The minimum Gasteiger partial charge on any atom is -0.459 e. The van der Waals surface area contributed by atoms with Gasteiger partial charge in [0.15, 0.2) is 15.6 Å². The number of sulfone groups is 1. The van der Waals surface area contributed by atoms with Gasteiger partial charge in [0.2, 0.25) is 0 Å². The molecule has 0 saturated carbocycles. The molecule has 0 N–H and O–H groups in total. The molecule has 0 unspecified atom stereocenters. The van der Waals surface area contributed by atoms with Gasteiger partial charge in [-0.3, -0.25) is 4.79 Å². The van der Waals surface area contributed by atoms with E-state index in [1.165, 1.54) is 42.5 Å². The Morgan fingerprint density at radius 3 is 2.37 bits per heavy atom. The van der Waals surface area contributed by atoms with Gasteiger partial charge >= 0.3 is 0 Å². The molecule has 3 aromatic rings. The Morgan fingerprint density at radius 1 is 1.00 bits per heavy atom. The third-order valence-corrected chi connectivity index (χ3v) is 5.78. The van der Waals surface area contributed by atoms with Crippen LogP contribution < -0.4 is 0 Å². The van der Waals surface area contributed by atoms with Gasteiger partial charge in [0, 0.05) is 24.7 Å². The average molecular weight is 387 g/mol. The fourth-order valence-electron chi connectivity index (χ4n) is 2.68. The Morgan fingerprint density at radius 2 is 1.67 bits per heavy atom. The number of hydrogen-bond acceptors (Lipinski definition) is 4. The summed E-state index contributed by atoms with van der Waals surface area (Å²) in [4.78, 5) is 14.1. The molecule has 0 saturated heterocycles. The largest absolute Gasteiger partial charge is 0.459 e. The molecule has 0 atom stereocenters. The van der Waals surface area contributed by atoms with Crippen LogP contribution in [0.4, 0.5) is 4.39 Å². The van der Waals surface area contributed by atoms with E-state index in [-0.39, 0.29) is 28.5 Å². The predicted molar refractivity (Wildman–Crippen MR) is 98.2 cm³/mol. The van der Waals surface area contributed by atoms with Crippen molar-refractivity contribution >= 4 is 15.7 Å². The first-order chi connectivity index (χ1) is 12.9. The lowest BCUT2D eigenvalue weighted by Gasteiger charge is -2.17. The molecule has 0 aliphatic carbocycles. The Labute approximate surface area is 157 Å². The zero-order valence-electron chi connectivity index (χ0n) is 14.6. The van der Waals surface area contributed by atoms with Gasteiger partial charge in [-0.25, -0.2) is 12.8 Å². The topological polar surface area (TPSA) is 67.6 Å². The van der Waals surface area contributed by atoms with Gasteiger partial charge in [0.25, 0.3) is 5.91 Å². The number of amides is 1. The number of nitrogens with zero attached hydrogens (tertiary/aromatic N) is 1. The summed E-state index contributed by atoms with van der Waals surface area (Å²) in [6.45, 7) is 0.0388. The van der Waals surface area contributed by atoms with Crippen molar-refractivity contribution in [1.29, 1.82) is 0 Å². The maximum atomic E-state index is 13.8. The zero-order valence-corrected chi connectivity index (χ0v) is 15.4.